The van der Waals surface area contributed by atoms with Crippen molar-refractivity contribution in [3.63, 3.8) is 0 Å². The van der Waals surface area contributed by atoms with Crippen molar-refractivity contribution in [1.82, 2.24) is 6.15 Å². The summed E-state index contributed by atoms with van der Waals surface area (Å²) in [5.41, 5.74) is 6.18. The number of hydrogen-bond donors (Lipinski definition) is 2. The second-order valence-electron chi connectivity index (χ2n) is 1.41. The lowest BCUT2D eigenvalue weighted by atomic mass is 10.3. The summed E-state index contributed by atoms with van der Waals surface area (Å²) < 4.78 is 0. The topological polar surface area (TPSA) is 62.5 Å². The molecule has 0 aliphatic carbocycles. The predicted octanol–water partition coefficient (Wildman–Crippen LogP) is 1.64. The number of hydrogen-bond acceptors (Lipinski definition) is 1. The molecule has 0 saturated heterocycles. The first kappa shape index (κ1) is 6.98. The van der Waals surface area contributed by atoms with Crippen LogP contribution in [-0.2, 0) is 0 Å². The molecular weight excluding hydrogens is 100 g/mol. The van der Waals surface area contributed by atoms with Crippen LogP contribution in [0.4, 0.5) is 5.69 Å². The number of anilines is 1. The molecule has 0 atom stereocenters. The lowest BCUT2D eigenvalue weighted by molar-refractivity contribution is 1.69. The third-order valence-electron chi connectivity index (χ3n) is 0.800. The minimum absolute atomic E-state index is 0. The molecule has 2 nitrogen and oxygen atoms in total. The van der Waals surface area contributed by atoms with E-state index in [4.69, 9.17) is 5.73 Å². The Morgan fingerprint density at radius 1 is 1.00 bits per heavy atom. The van der Waals surface area contributed by atoms with Crippen molar-refractivity contribution >= 4 is 5.69 Å². The molecule has 0 aliphatic rings. The van der Waals surface area contributed by atoms with Gasteiger partial charge in [-0.1, -0.05) is 18.2 Å². The summed E-state index contributed by atoms with van der Waals surface area (Å²) in [7, 11) is 0. The summed E-state index contributed by atoms with van der Waals surface area (Å²) in [5, 5.41) is 0. The van der Waals surface area contributed by atoms with Gasteiger partial charge in [0.05, 0.1) is 0 Å². The summed E-state index contributed by atoms with van der Waals surface area (Å²) in [5.74, 6) is 0. The summed E-state index contributed by atoms with van der Waals surface area (Å²) in [6.45, 7) is 0. The Morgan fingerprint density at radius 3 is 1.75 bits per heavy atom. The summed E-state index contributed by atoms with van der Waals surface area (Å²) in [6.07, 6.45) is 0. The summed E-state index contributed by atoms with van der Waals surface area (Å²) >= 11 is 0. The van der Waals surface area contributed by atoms with Crippen molar-refractivity contribution < 1.29 is 0 Å². The van der Waals surface area contributed by atoms with Gasteiger partial charge in [0.15, 0.2) is 0 Å². The highest BCUT2D eigenvalue weighted by atomic mass is 14.5. The maximum absolute atomic E-state index is 5.36. The van der Waals surface area contributed by atoms with E-state index in [1.54, 1.807) is 0 Å². The third-order valence-corrected chi connectivity index (χ3v) is 0.800. The van der Waals surface area contributed by atoms with Crippen LogP contribution < -0.4 is 11.9 Å². The number of nitrogens with two attached hydrogens (primary N) is 1. The van der Waals surface area contributed by atoms with Gasteiger partial charge in [-0.2, -0.15) is 0 Å². The highest BCUT2D eigenvalue weighted by molar-refractivity contribution is 5.35. The zero-order chi connectivity index (χ0) is 5.11. The molecule has 2 heteroatoms. The molecule has 0 spiro atoms. The van der Waals surface area contributed by atoms with E-state index < -0.39 is 0 Å². The molecule has 0 bridgehead atoms. The SMILES string of the molecule is Nc1ccccc1.[NH4+]. The number of rotatable bonds is 0. The quantitative estimate of drug-likeness (QED) is 0.491. The third kappa shape index (κ3) is 1.62. The van der Waals surface area contributed by atoms with Crippen molar-refractivity contribution in [2.75, 3.05) is 5.73 Å². The molecule has 0 saturated carbocycles. The molecule has 0 radical (unpaired) electrons. The van der Waals surface area contributed by atoms with Crippen LogP contribution in [0.2, 0.25) is 0 Å². The molecule has 6 N–H and O–H groups in total. The minimum Gasteiger partial charge on any atom is -0.399 e. The van der Waals surface area contributed by atoms with Crippen molar-refractivity contribution in [2.45, 2.75) is 0 Å². The molecule has 0 aromatic heterocycles. The van der Waals surface area contributed by atoms with E-state index in [-0.39, 0.29) is 6.15 Å². The molecule has 0 aliphatic heterocycles. The minimum atomic E-state index is 0. The maximum atomic E-state index is 5.36. The number of para-hydroxylation sites is 1. The van der Waals surface area contributed by atoms with Crippen LogP contribution in [0, 0.1) is 0 Å². The van der Waals surface area contributed by atoms with E-state index in [0.717, 1.165) is 5.69 Å². The maximum Gasteiger partial charge on any atom is 0.0313 e. The summed E-state index contributed by atoms with van der Waals surface area (Å²) in [6, 6.07) is 9.49. The van der Waals surface area contributed by atoms with Gasteiger partial charge in [-0.05, 0) is 12.1 Å². The molecule has 1 rings (SSSR count). The Labute approximate surface area is 48.9 Å². The number of benzene rings is 1. The molecule has 0 heterocycles. The first-order valence-electron chi connectivity index (χ1n) is 2.20. The largest absolute Gasteiger partial charge is 0.399 e. The van der Waals surface area contributed by atoms with E-state index in [1.807, 2.05) is 30.3 Å². The lowest BCUT2D eigenvalue weighted by Gasteiger charge is -1.83. The van der Waals surface area contributed by atoms with E-state index in [2.05, 4.69) is 0 Å². The fourth-order valence-electron chi connectivity index (χ4n) is 0.453. The van der Waals surface area contributed by atoms with Crippen LogP contribution in [0.1, 0.15) is 0 Å². The average Bonchev–Trinajstić information content (AvgIpc) is 1.69. The van der Waals surface area contributed by atoms with Gasteiger partial charge in [0, 0.05) is 5.69 Å². The average molecular weight is 111 g/mol. The van der Waals surface area contributed by atoms with E-state index in [1.165, 1.54) is 0 Å². The van der Waals surface area contributed by atoms with Gasteiger partial charge in [-0.3, -0.25) is 0 Å². The molecule has 8 heavy (non-hydrogen) atoms. The molecule has 44 valence electrons. The lowest BCUT2D eigenvalue weighted by Crippen LogP contribution is -1.79. The normalized spacial score (nSPS) is 7.50. The van der Waals surface area contributed by atoms with E-state index in [0.29, 0.717) is 0 Å². The van der Waals surface area contributed by atoms with Crippen LogP contribution in [0.3, 0.4) is 0 Å². The number of nitrogen functional groups attached to an aromatic ring is 1. The molecule has 0 unspecified atom stereocenters. The van der Waals surface area contributed by atoms with Gasteiger partial charge in [-0.15, -0.1) is 0 Å². The monoisotopic (exact) mass is 111 g/mol. The second-order valence-corrected chi connectivity index (χ2v) is 1.41. The zero-order valence-electron chi connectivity index (χ0n) is 4.96. The smallest absolute Gasteiger partial charge is 0.0313 e. The van der Waals surface area contributed by atoms with Gasteiger partial charge in [0.2, 0.25) is 0 Å². The van der Waals surface area contributed by atoms with Crippen molar-refractivity contribution in [3.8, 4) is 0 Å². The first-order chi connectivity index (χ1) is 3.39. The molecule has 1 aromatic carbocycles. The molecule has 0 fully saturated rings. The van der Waals surface area contributed by atoms with Crippen LogP contribution in [0.25, 0.3) is 0 Å². The zero-order valence-corrected chi connectivity index (χ0v) is 4.96. The van der Waals surface area contributed by atoms with Gasteiger partial charge < -0.3 is 11.9 Å². The number of quaternary nitrogens is 1. The highest BCUT2D eigenvalue weighted by Crippen LogP contribution is 1.95. The predicted molar refractivity (Wildman–Crippen MR) is 36.8 cm³/mol. The Bertz CT molecular complexity index is 136. The first-order valence-corrected chi connectivity index (χ1v) is 2.20. The van der Waals surface area contributed by atoms with Crippen LogP contribution in [0.5, 0.6) is 0 Å². The van der Waals surface area contributed by atoms with E-state index in [9.17, 15) is 0 Å². The van der Waals surface area contributed by atoms with Gasteiger partial charge >= 0.3 is 0 Å². The Morgan fingerprint density at radius 2 is 1.50 bits per heavy atom. The van der Waals surface area contributed by atoms with Crippen LogP contribution in [0.15, 0.2) is 30.3 Å². The van der Waals surface area contributed by atoms with Gasteiger partial charge in [-0.25, -0.2) is 0 Å². The van der Waals surface area contributed by atoms with Crippen molar-refractivity contribution in [3.05, 3.63) is 30.3 Å². The van der Waals surface area contributed by atoms with Crippen molar-refractivity contribution in [1.29, 1.82) is 0 Å². The van der Waals surface area contributed by atoms with Crippen molar-refractivity contribution in [2.24, 2.45) is 0 Å². The van der Waals surface area contributed by atoms with Crippen LogP contribution >= 0.6 is 0 Å². The van der Waals surface area contributed by atoms with Gasteiger partial charge in [0.1, 0.15) is 0 Å². The van der Waals surface area contributed by atoms with Gasteiger partial charge in [0.25, 0.3) is 0 Å². The Hall–Kier alpha value is -1.02. The summed E-state index contributed by atoms with van der Waals surface area (Å²) in [4.78, 5) is 0. The van der Waals surface area contributed by atoms with Crippen LogP contribution in [-0.4, -0.2) is 0 Å². The molecule has 0 amide bonds. The molecule has 1 aromatic rings. The fraction of sp³-hybridized carbons (Fsp3) is 0. The fourth-order valence-corrected chi connectivity index (χ4v) is 0.453. The highest BCUT2D eigenvalue weighted by Gasteiger charge is 1.72. The molecular formula is C6H11N2+. The Balaban J connectivity index is 0.000000490. The standard InChI is InChI=1S/C6H7N.H3N/c7-6-4-2-1-3-5-6;/h1-5H,7H2;1H3/p+1. The Kier molecular flexibility index (Phi) is 2.66. The second kappa shape index (κ2) is 3.04. The van der Waals surface area contributed by atoms with E-state index >= 15 is 0 Å².